The Morgan fingerprint density at radius 3 is 2.79 bits per heavy atom. The summed E-state index contributed by atoms with van der Waals surface area (Å²) in [4.78, 5) is 4.36. The Labute approximate surface area is 82.5 Å². The lowest BCUT2D eigenvalue weighted by Gasteiger charge is -2.28. The van der Waals surface area contributed by atoms with Crippen LogP contribution in [0.5, 0.6) is 0 Å². The van der Waals surface area contributed by atoms with Crippen molar-refractivity contribution in [3.8, 4) is 0 Å². The molecular formula is C11H13N3. The molecule has 3 rings (SSSR count). The van der Waals surface area contributed by atoms with E-state index < -0.39 is 0 Å². The maximum absolute atomic E-state index is 5.92. The predicted molar refractivity (Wildman–Crippen MR) is 57.0 cm³/mol. The number of para-hydroxylation sites is 2. The van der Waals surface area contributed by atoms with Crippen LogP contribution in [0.25, 0.3) is 11.0 Å². The average Bonchev–Trinajstić information content (AvgIpc) is 2.41. The molecule has 1 aliphatic rings. The van der Waals surface area contributed by atoms with Gasteiger partial charge >= 0.3 is 0 Å². The van der Waals surface area contributed by atoms with Crippen LogP contribution in [0.3, 0.4) is 0 Å². The van der Waals surface area contributed by atoms with Crippen molar-refractivity contribution < 1.29 is 0 Å². The molecule has 1 saturated carbocycles. The minimum Gasteiger partial charge on any atom is -0.369 e. The Morgan fingerprint density at radius 2 is 2.07 bits per heavy atom. The van der Waals surface area contributed by atoms with E-state index in [1.807, 2.05) is 18.2 Å². The standard InChI is InChI=1S/C11H13N3/c12-11-13-9-6-1-2-7-10(9)14(11)8-4-3-5-8/h1-2,6-8H,3-5H2,(H2,12,13). The number of aromatic nitrogens is 2. The molecule has 3 nitrogen and oxygen atoms in total. The summed E-state index contributed by atoms with van der Waals surface area (Å²) in [7, 11) is 0. The van der Waals surface area contributed by atoms with E-state index in [0.717, 1.165) is 5.52 Å². The highest BCUT2D eigenvalue weighted by Crippen LogP contribution is 2.36. The van der Waals surface area contributed by atoms with Gasteiger partial charge in [-0.25, -0.2) is 4.98 Å². The van der Waals surface area contributed by atoms with Crippen molar-refractivity contribution in [3.05, 3.63) is 24.3 Å². The lowest BCUT2D eigenvalue weighted by Crippen LogP contribution is -2.18. The summed E-state index contributed by atoms with van der Waals surface area (Å²) in [5.74, 6) is 0.663. The molecule has 1 aromatic heterocycles. The van der Waals surface area contributed by atoms with Gasteiger partial charge in [-0.1, -0.05) is 12.1 Å². The summed E-state index contributed by atoms with van der Waals surface area (Å²) in [6.07, 6.45) is 3.80. The topological polar surface area (TPSA) is 43.8 Å². The Hall–Kier alpha value is -1.51. The number of nitrogens with zero attached hydrogens (tertiary/aromatic N) is 2. The summed E-state index contributed by atoms with van der Waals surface area (Å²) in [6, 6.07) is 8.73. The minimum atomic E-state index is 0.586. The lowest BCUT2D eigenvalue weighted by molar-refractivity contribution is 0.324. The zero-order valence-electron chi connectivity index (χ0n) is 7.98. The molecule has 0 amide bonds. The van der Waals surface area contributed by atoms with Crippen molar-refractivity contribution in [3.63, 3.8) is 0 Å². The van der Waals surface area contributed by atoms with Crippen LogP contribution in [-0.4, -0.2) is 9.55 Å². The van der Waals surface area contributed by atoms with Crippen LogP contribution in [0.15, 0.2) is 24.3 Å². The molecule has 0 spiro atoms. The normalized spacial score (nSPS) is 17.1. The van der Waals surface area contributed by atoms with Gasteiger partial charge in [0.1, 0.15) is 0 Å². The lowest BCUT2D eigenvalue weighted by atomic mass is 9.93. The predicted octanol–water partition coefficient (Wildman–Crippen LogP) is 2.34. The molecule has 0 atom stereocenters. The number of anilines is 1. The number of nitrogen functional groups attached to an aromatic ring is 1. The fourth-order valence-corrected chi connectivity index (χ4v) is 2.09. The third kappa shape index (κ3) is 0.953. The van der Waals surface area contributed by atoms with Crippen molar-refractivity contribution in [2.75, 3.05) is 5.73 Å². The van der Waals surface area contributed by atoms with Gasteiger partial charge in [0.05, 0.1) is 11.0 Å². The quantitative estimate of drug-likeness (QED) is 0.744. The van der Waals surface area contributed by atoms with Crippen molar-refractivity contribution in [2.45, 2.75) is 25.3 Å². The summed E-state index contributed by atoms with van der Waals surface area (Å²) >= 11 is 0. The molecule has 0 radical (unpaired) electrons. The minimum absolute atomic E-state index is 0.586. The van der Waals surface area contributed by atoms with E-state index in [1.165, 1.54) is 24.8 Å². The van der Waals surface area contributed by atoms with Gasteiger partial charge in [-0.2, -0.15) is 0 Å². The SMILES string of the molecule is Nc1nc2ccccc2n1C1CCC1. The maximum atomic E-state index is 5.92. The highest BCUT2D eigenvalue weighted by atomic mass is 15.2. The van der Waals surface area contributed by atoms with Gasteiger partial charge in [0.15, 0.2) is 0 Å². The first-order chi connectivity index (χ1) is 6.86. The van der Waals surface area contributed by atoms with Crippen LogP contribution < -0.4 is 5.73 Å². The van der Waals surface area contributed by atoms with Crippen molar-refractivity contribution >= 4 is 17.0 Å². The maximum Gasteiger partial charge on any atom is 0.201 e. The second-order valence-corrected chi connectivity index (χ2v) is 3.91. The van der Waals surface area contributed by atoms with Gasteiger partial charge in [-0.05, 0) is 31.4 Å². The number of rotatable bonds is 1. The van der Waals surface area contributed by atoms with Crippen LogP contribution in [0.1, 0.15) is 25.3 Å². The third-order valence-electron chi connectivity index (χ3n) is 3.06. The van der Waals surface area contributed by atoms with E-state index in [-0.39, 0.29) is 0 Å². The van der Waals surface area contributed by atoms with Crippen LogP contribution in [0.2, 0.25) is 0 Å². The second kappa shape index (κ2) is 2.74. The Bertz CT molecular complexity index is 468. The number of benzene rings is 1. The number of imidazole rings is 1. The van der Waals surface area contributed by atoms with Gasteiger partial charge in [0.25, 0.3) is 0 Å². The number of hydrogen-bond acceptors (Lipinski definition) is 2. The first kappa shape index (κ1) is 7.85. The third-order valence-corrected chi connectivity index (χ3v) is 3.06. The number of hydrogen-bond donors (Lipinski definition) is 1. The van der Waals surface area contributed by atoms with Gasteiger partial charge < -0.3 is 10.3 Å². The van der Waals surface area contributed by atoms with E-state index in [1.54, 1.807) is 0 Å². The molecule has 1 heterocycles. The zero-order valence-corrected chi connectivity index (χ0v) is 7.98. The largest absolute Gasteiger partial charge is 0.369 e. The van der Waals surface area contributed by atoms with Crippen molar-refractivity contribution in [1.82, 2.24) is 9.55 Å². The average molecular weight is 187 g/mol. The molecule has 0 saturated heterocycles. The summed E-state index contributed by atoms with van der Waals surface area (Å²) < 4.78 is 2.18. The zero-order chi connectivity index (χ0) is 9.54. The van der Waals surface area contributed by atoms with Crippen molar-refractivity contribution in [2.24, 2.45) is 0 Å². The molecule has 0 bridgehead atoms. The summed E-state index contributed by atoms with van der Waals surface area (Å²) in [5.41, 5.74) is 8.10. The fraction of sp³-hybridized carbons (Fsp3) is 0.364. The molecule has 0 unspecified atom stereocenters. The highest BCUT2D eigenvalue weighted by Gasteiger charge is 2.23. The Kier molecular flexibility index (Phi) is 1.54. The van der Waals surface area contributed by atoms with Crippen LogP contribution in [-0.2, 0) is 0 Å². The molecule has 0 aliphatic heterocycles. The Morgan fingerprint density at radius 1 is 1.29 bits per heavy atom. The van der Waals surface area contributed by atoms with Gasteiger partial charge in [-0.3, -0.25) is 0 Å². The first-order valence-electron chi connectivity index (χ1n) is 5.09. The van der Waals surface area contributed by atoms with Crippen LogP contribution in [0.4, 0.5) is 5.95 Å². The molecule has 3 heteroatoms. The highest BCUT2D eigenvalue weighted by molar-refractivity contribution is 5.78. The molecule has 72 valence electrons. The fourth-order valence-electron chi connectivity index (χ4n) is 2.09. The summed E-state index contributed by atoms with van der Waals surface area (Å²) in [6.45, 7) is 0. The smallest absolute Gasteiger partial charge is 0.201 e. The van der Waals surface area contributed by atoms with Crippen LogP contribution >= 0.6 is 0 Å². The second-order valence-electron chi connectivity index (χ2n) is 3.91. The molecular weight excluding hydrogens is 174 g/mol. The molecule has 1 aliphatic carbocycles. The molecule has 1 fully saturated rings. The van der Waals surface area contributed by atoms with Gasteiger partial charge in [0.2, 0.25) is 5.95 Å². The van der Waals surface area contributed by atoms with E-state index in [4.69, 9.17) is 5.73 Å². The molecule has 2 aromatic rings. The van der Waals surface area contributed by atoms with E-state index in [2.05, 4.69) is 15.6 Å². The number of nitrogens with two attached hydrogens (primary N) is 1. The first-order valence-corrected chi connectivity index (χ1v) is 5.09. The molecule has 1 aromatic carbocycles. The van der Waals surface area contributed by atoms with E-state index in [0.29, 0.717) is 12.0 Å². The van der Waals surface area contributed by atoms with Gasteiger partial charge in [0, 0.05) is 6.04 Å². The van der Waals surface area contributed by atoms with Gasteiger partial charge in [-0.15, -0.1) is 0 Å². The van der Waals surface area contributed by atoms with E-state index in [9.17, 15) is 0 Å². The molecule has 14 heavy (non-hydrogen) atoms. The Balaban J connectivity index is 2.24. The molecule has 2 N–H and O–H groups in total. The monoisotopic (exact) mass is 187 g/mol. The van der Waals surface area contributed by atoms with Crippen molar-refractivity contribution in [1.29, 1.82) is 0 Å². The number of fused-ring (bicyclic) bond motifs is 1. The van der Waals surface area contributed by atoms with E-state index >= 15 is 0 Å². The summed E-state index contributed by atoms with van der Waals surface area (Å²) in [5, 5.41) is 0. The van der Waals surface area contributed by atoms with Crippen LogP contribution in [0, 0.1) is 0 Å².